The molecule has 0 spiro atoms. The smallest absolute Gasteiger partial charge is 0.230 e. The lowest BCUT2D eigenvalue weighted by Gasteiger charge is -2.53. The van der Waals surface area contributed by atoms with Gasteiger partial charge in [-0.25, -0.2) is 0 Å². The number of anilines is 1. The van der Waals surface area contributed by atoms with E-state index in [0.717, 1.165) is 0 Å². The average Bonchev–Trinajstić information content (AvgIpc) is 2.75. The van der Waals surface area contributed by atoms with Crippen LogP contribution in [0.5, 0.6) is 5.75 Å². The second kappa shape index (κ2) is 8.14. The molecule has 11 heteroatoms. The number of nitrogens with two attached hydrogens (primary N) is 1. The lowest BCUT2D eigenvalue weighted by atomic mass is 9.54. The zero-order valence-corrected chi connectivity index (χ0v) is 19.8. The fraction of sp³-hybridized carbons (Fsp3) is 0.500. The molecule has 3 aliphatic carbocycles. The van der Waals surface area contributed by atoms with Crippen molar-refractivity contribution in [3.8, 4) is 5.75 Å². The van der Waals surface area contributed by atoms with E-state index >= 15 is 0 Å². The molecule has 6 N–H and O–H groups in total. The number of aromatic hydroxyl groups is 1. The highest BCUT2D eigenvalue weighted by atomic mass is 16.3. The first-order chi connectivity index (χ1) is 16.3. The van der Waals surface area contributed by atoms with E-state index in [4.69, 9.17) is 5.73 Å². The normalized spacial score (nSPS) is 32.1. The molecule has 1 aromatic carbocycles. The predicted octanol–water partition coefficient (Wildman–Crippen LogP) is -0.992. The van der Waals surface area contributed by atoms with Gasteiger partial charge in [0.1, 0.15) is 17.4 Å². The first-order valence-electron chi connectivity index (χ1n) is 11.2. The van der Waals surface area contributed by atoms with E-state index in [1.165, 1.54) is 11.0 Å². The molecule has 3 aliphatic rings. The predicted molar refractivity (Wildman–Crippen MR) is 124 cm³/mol. The Morgan fingerprint density at radius 2 is 1.83 bits per heavy atom. The van der Waals surface area contributed by atoms with Gasteiger partial charge in [-0.15, -0.1) is 0 Å². The number of benzene rings is 1. The van der Waals surface area contributed by atoms with Gasteiger partial charge >= 0.3 is 0 Å². The van der Waals surface area contributed by atoms with Gasteiger partial charge in [0, 0.05) is 37.3 Å². The maximum absolute atomic E-state index is 13.8. The molecule has 4 rings (SSSR count). The largest absolute Gasteiger partial charge is 0.507 e. The standard InChI is InChI=1S/C24H29N3O8/c1-26(2)13-7-10(8-28)18(29)15-11(13)5-9-6-12-17(27(3)4)20(31)16(23(25)34)22(33)24(12,35)21(32)14(9)19(15)30/h7-9,12,16-17,20,29-31,35H,5-6H2,1-4H3,(H2,25,34)/t9-,12-,16?,17-,20?,24-/m0/s1. The van der Waals surface area contributed by atoms with Gasteiger partial charge in [0.25, 0.3) is 0 Å². The summed E-state index contributed by atoms with van der Waals surface area (Å²) in [5, 5.41) is 44.4. The van der Waals surface area contributed by atoms with Gasteiger partial charge in [-0.3, -0.25) is 19.2 Å². The first kappa shape index (κ1) is 24.8. The second-order valence-electron chi connectivity index (χ2n) is 9.99. The SMILES string of the molecule is CN(C)c1cc(C=O)c(O)c2c1C[C@H]1C[C@H]3[C@H](N(C)C)C(O)C(C(N)=O)C(=O)[C@@]3(O)C(=O)C1=C2O. The van der Waals surface area contributed by atoms with Crippen LogP contribution in [-0.2, 0) is 20.8 Å². The molecule has 0 heterocycles. The van der Waals surface area contributed by atoms with Gasteiger partial charge in [-0.2, -0.15) is 0 Å². The van der Waals surface area contributed by atoms with Crippen molar-refractivity contribution in [1.82, 2.24) is 4.90 Å². The molecule has 2 fully saturated rings. The number of amides is 1. The number of likely N-dealkylation sites (N-methyl/N-ethyl adjacent to an activating group) is 1. The third kappa shape index (κ3) is 3.22. The Labute approximate surface area is 201 Å². The van der Waals surface area contributed by atoms with Crippen molar-refractivity contribution in [3.63, 3.8) is 0 Å². The van der Waals surface area contributed by atoms with Crippen LogP contribution in [0.15, 0.2) is 11.6 Å². The Hall–Kier alpha value is -3.28. The minimum Gasteiger partial charge on any atom is -0.507 e. The van der Waals surface area contributed by atoms with Crippen LogP contribution in [0.2, 0.25) is 0 Å². The van der Waals surface area contributed by atoms with Crippen LogP contribution < -0.4 is 10.6 Å². The highest BCUT2D eigenvalue weighted by Crippen LogP contribution is 2.53. The number of rotatable bonds is 4. The first-order valence-corrected chi connectivity index (χ1v) is 11.2. The molecule has 1 aromatic rings. The van der Waals surface area contributed by atoms with Crippen molar-refractivity contribution in [2.75, 3.05) is 33.1 Å². The number of aldehydes is 1. The minimum absolute atomic E-state index is 0.0290. The summed E-state index contributed by atoms with van der Waals surface area (Å²) in [5.41, 5.74) is 3.23. The number of ketones is 2. The fourth-order valence-corrected chi connectivity index (χ4v) is 6.16. The van der Waals surface area contributed by atoms with Crippen molar-refractivity contribution in [3.05, 3.63) is 28.3 Å². The molecule has 1 amide bonds. The lowest BCUT2D eigenvalue weighted by molar-refractivity contribution is -0.184. The molecular formula is C24H29N3O8. The minimum atomic E-state index is -2.71. The zero-order valence-electron chi connectivity index (χ0n) is 19.8. The highest BCUT2D eigenvalue weighted by Gasteiger charge is 2.67. The number of primary amides is 1. The number of phenolic OH excluding ortho intramolecular Hbond substituents is 1. The number of Topliss-reactive ketones (excluding diaryl/α,β-unsaturated/α-hetero) is 2. The molecule has 0 aliphatic heterocycles. The number of fused-ring (bicyclic) bond motifs is 3. The van der Waals surface area contributed by atoms with Crippen LogP contribution in [-0.4, -0.2) is 95.0 Å². The molecule has 0 saturated heterocycles. The van der Waals surface area contributed by atoms with Crippen LogP contribution >= 0.6 is 0 Å². The summed E-state index contributed by atoms with van der Waals surface area (Å²) >= 11 is 0. The van der Waals surface area contributed by atoms with Crippen molar-refractivity contribution < 1.29 is 39.6 Å². The van der Waals surface area contributed by atoms with Crippen LogP contribution in [0.3, 0.4) is 0 Å². The molecule has 35 heavy (non-hydrogen) atoms. The van der Waals surface area contributed by atoms with E-state index < -0.39 is 64.5 Å². The maximum atomic E-state index is 13.8. The third-order valence-electron chi connectivity index (χ3n) is 7.70. The number of nitrogens with zero attached hydrogens (tertiary/aromatic N) is 2. The van der Waals surface area contributed by atoms with Gasteiger partial charge in [0.05, 0.1) is 17.2 Å². The maximum Gasteiger partial charge on any atom is 0.230 e. The van der Waals surface area contributed by atoms with Gasteiger partial charge in [-0.05, 0) is 44.5 Å². The lowest BCUT2D eigenvalue weighted by Crippen LogP contribution is -2.73. The van der Waals surface area contributed by atoms with E-state index in [2.05, 4.69) is 0 Å². The summed E-state index contributed by atoms with van der Waals surface area (Å²) in [5.74, 6) is -8.20. The molecule has 188 valence electrons. The van der Waals surface area contributed by atoms with Crippen molar-refractivity contribution >= 4 is 35.2 Å². The Balaban J connectivity index is 1.97. The molecular weight excluding hydrogens is 458 g/mol. The molecule has 0 bridgehead atoms. The van der Waals surface area contributed by atoms with E-state index in [-0.39, 0.29) is 29.5 Å². The van der Waals surface area contributed by atoms with Crippen molar-refractivity contribution in [1.29, 1.82) is 0 Å². The molecule has 6 atom stereocenters. The van der Waals surface area contributed by atoms with Crippen LogP contribution in [0.1, 0.15) is 27.9 Å². The summed E-state index contributed by atoms with van der Waals surface area (Å²) in [4.78, 5) is 53.9. The number of hydrogen-bond acceptors (Lipinski definition) is 10. The van der Waals surface area contributed by atoms with Gasteiger partial charge in [0.15, 0.2) is 17.7 Å². The van der Waals surface area contributed by atoms with Crippen LogP contribution in [0.25, 0.3) is 5.76 Å². The molecule has 2 unspecified atom stereocenters. The summed E-state index contributed by atoms with van der Waals surface area (Å²) < 4.78 is 0. The summed E-state index contributed by atoms with van der Waals surface area (Å²) in [6.07, 6.45) is -0.929. The number of hydrogen-bond donors (Lipinski definition) is 5. The number of aliphatic hydroxyl groups excluding tert-OH is 2. The zero-order chi connectivity index (χ0) is 26.1. The average molecular weight is 488 g/mol. The monoisotopic (exact) mass is 487 g/mol. The Bertz CT molecular complexity index is 1190. The molecule has 0 radical (unpaired) electrons. The van der Waals surface area contributed by atoms with Crippen molar-refractivity contribution in [2.45, 2.75) is 30.6 Å². The Morgan fingerprint density at radius 3 is 2.34 bits per heavy atom. The Morgan fingerprint density at radius 1 is 1.20 bits per heavy atom. The van der Waals surface area contributed by atoms with E-state index in [1.54, 1.807) is 33.1 Å². The molecule has 0 aromatic heterocycles. The van der Waals surface area contributed by atoms with E-state index in [1.807, 2.05) is 0 Å². The van der Waals surface area contributed by atoms with Gasteiger partial charge in [0.2, 0.25) is 11.7 Å². The fourth-order valence-electron chi connectivity index (χ4n) is 6.16. The summed E-state index contributed by atoms with van der Waals surface area (Å²) in [6.45, 7) is 0. The van der Waals surface area contributed by atoms with Crippen LogP contribution in [0, 0.1) is 17.8 Å². The van der Waals surface area contributed by atoms with Crippen LogP contribution in [0.4, 0.5) is 5.69 Å². The second-order valence-corrected chi connectivity index (χ2v) is 9.99. The number of phenols is 1. The topological polar surface area (TPSA) is 182 Å². The number of carbonyl (C=O) groups is 4. The summed E-state index contributed by atoms with van der Waals surface area (Å²) in [7, 11) is 6.64. The quantitative estimate of drug-likeness (QED) is 0.261. The van der Waals surface area contributed by atoms with E-state index in [0.29, 0.717) is 17.5 Å². The molecule has 2 saturated carbocycles. The van der Waals surface area contributed by atoms with Gasteiger partial charge < -0.3 is 36.0 Å². The number of aliphatic hydroxyl groups is 3. The Kier molecular flexibility index (Phi) is 5.78. The third-order valence-corrected chi connectivity index (χ3v) is 7.70. The molecule has 11 nitrogen and oxygen atoms in total. The van der Waals surface area contributed by atoms with Gasteiger partial charge in [-0.1, -0.05) is 0 Å². The summed E-state index contributed by atoms with van der Waals surface area (Å²) in [6, 6.07) is 0.525. The van der Waals surface area contributed by atoms with E-state index in [9.17, 15) is 39.6 Å². The number of carbonyl (C=O) groups excluding carboxylic acids is 4. The van der Waals surface area contributed by atoms with Crippen molar-refractivity contribution in [2.24, 2.45) is 23.5 Å². The highest BCUT2D eigenvalue weighted by molar-refractivity contribution is 6.25.